The topological polar surface area (TPSA) is 20.3 Å². The van der Waals surface area contributed by atoms with Gasteiger partial charge in [-0.15, -0.1) is 0 Å². The molecule has 15 heavy (non-hydrogen) atoms. The Kier molecular flexibility index (Phi) is 5.03. The van der Waals surface area contributed by atoms with Crippen LogP contribution in [0.1, 0.15) is 26.7 Å². The zero-order valence-electron chi connectivity index (χ0n) is 8.94. The van der Waals surface area contributed by atoms with E-state index in [0.717, 1.165) is 7.05 Å². The molecule has 1 atom stereocenters. The predicted molar refractivity (Wildman–Crippen MR) is 48.1 cm³/mol. The summed E-state index contributed by atoms with van der Waals surface area (Å²) in [6, 6.07) is -0.466. The first-order valence-corrected chi connectivity index (χ1v) is 4.68. The molecule has 0 bridgehead atoms. The third kappa shape index (κ3) is 3.35. The van der Waals surface area contributed by atoms with Crippen molar-refractivity contribution in [3.8, 4) is 0 Å². The summed E-state index contributed by atoms with van der Waals surface area (Å²) in [5.74, 6) is -6.41. The van der Waals surface area contributed by atoms with Crippen molar-refractivity contribution in [3.63, 3.8) is 0 Å². The second-order valence-electron chi connectivity index (χ2n) is 3.48. The molecule has 0 aromatic carbocycles. The molecule has 2 nitrogen and oxygen atoms in total. The first-order valence-electron chi connectivity index (χ1n) is 4.68. The number of alkyl halides is 4. The van der Waals surface area contributed by atoms with E-state index in [2.05, 4.69) is 0 Å². The van der Waals surface area contributed by atoms with Crippen LogP contribution in [0.2, 0.25) is 0 Å². The summed E-state index contributed by atoms with van der Waals surface area (Å²) in [6.45, 7) is 3.36. The maximum Gasteiger partial charge on any atom is 0.383 e. The van der Waals surface area contributed by atoms with Gasteiger partial charge < -0.3 is 4.90 Å². The zero-order chi connectivity index (χ0) is 12.2. The van der Waals surface area contributed by atoms with Gasteiger partial charge in [0.25, 0.3) is 5.91 Å². The summed E-state index contributed by atoms with van der Waals surface area (Å²) in [5, 5.41) is 0. The summed E-state index contributed by atoms with van der Waals surface area (Å²) in [6.07, 6.45) is -2.76. The van der Waals surface area contributed by atoms with E-state index in [4.69, 9.17) is 0 Å². The third-order valence-corrected chi connectivity index (χ3v) is 2.25. The molecule has 90 valence electrons. The number of hydrogen-bond acceptors (Lipinski definition) is 1. The van der Waals surface area contributed by atoms with Gasteiger partial charge in [-0.1, -0.05) is 13.3 Å². The molecule has 0 N–H and O–H groups in total. The van der Waals surface area contributed by atoms with Crippen LogP contribution >= 0.6 is 0 Å². The fourth-order valence-corrected chi connectivity index (χ4v) is 1.14. The van der Waals surface area contributed by atoms with Gasteiger partial charge in [0.1, 0.15) is 0 Å². The summed E-state index contributed by atoms with van der Waals surface area (Å²) in [7, 11) is 1.11. The van der Waals surface area contributed by atoms with E-state index in [0.29, 0.717) is 17.7 Å². The Labute approximate surface area is 86.2 Å². The van der Waals surface area contributed by atoms with Crippen molar-refractivity contribution in [1.29, 1.82) is 0 Å². The van der Waals surface area contributed by atoms with Gasteiger partial charge in [-0.3, -0.25) is 4.79 Å². The third-order valence-electron chi connectivity index (χ3n) is 2.25. The van der Waals surface area contributed by atoms with Gasteiger partial charge in [0, 0.05) is 13.1 Å². The van der Waals surface area contributed by atoms with Gasteiger partial charge in [0.05, 0.1) is 0 Å². The van der Waals surface area contributed by atoms with Crippen LogP contribution in [0.5, 0.6) is 0 Å². The van der Waals surface area contributed by atoms with E-state index < -0.39 is 24.3 Å². The first kappa shape index (κ1) is 14.2. The molecular formula is C9H15F4NO. The molecular weight excluding hydrogens is 214 g/mol. The average molecular weight is 229 g/mol. The molecule has 1 unspecified atom stereocenters. The molecule has 0 spiro atoms. The lowest BCUT2D eigenvalue weighted by Gasteiger charge is -2.28. The molecule has 0 heterocycles. The number of amides is 1. The van der Waals surface area contributed by atoms with Crippen molar-refractivity contribution >= 4 is 5.91 Å². The van der Waals surface area contributed by atoms with Crippen LogP contribution in [0.15, 0.2) is 0 Å². The first-order chi connectivity index (χ1) is 6.75. The normalized spacial score (nSPS) is 14.1. The SMILES string of the molecule is CCCC(C)N(C)C(=O)C(F)(F)C(F)F. The highest BCUT2D eigenvalue weighted by Crippen LogP contribution is 2.26. The molecule has 0 aliphatic carbocycles. The van der Waals surface area contributed by atoms with Crippen molar-refractivity contribution in [2.75, 3.05) is 7.05 Å². The van der Waals surface area contributed by atoms with Gasteiger partial charge in [-0.2, -0.15) is 8.78 Å². The fourth-order valence-electron chi connectivity index (χ4n) is 1.14. The standard InChI is InChI=1S/C9H15F4NO/c1-4-5-6(2)14(3)8(15)9(12,13)7(10)11/h6-7H,4-5H2,1-3H3. The minimum absolute atomic E-state index is 0.466. The molecule has 0 saturated heterocycles. The van der Waals surface area contributed by atoms with Crippen molar-refractivity contribution in [3.05, 3.63) is 0 Å². The van der Waals surface area contributed by atoms with Crippen LogP contribution in [-0.4, -0.2) is 36.2 Å². The number of halogens is 4. The van der Waals surface area contributed by atoms with Gasteiger partial charge in [0.15, 0.2) is 0 Å². The Balaban J connectivity index is 4.57. The highest BCUT2D eigenvalue weighted by atomic mass is 19.3. The average Bonchev–Trinajstić information content (AvgIpc) is 2.15. The van der Waals surface area contributed by atoms with Crippen LogP contribution in [0.25, 0.3) is 0 Å². The van der Waals surface area contributed by atoms with Crippen LogP contribution in [0, 0.1) is 0 Å². The van der Waals surface area contributed by atoms with E-state index >= 15 is 0 Å². The lowest BCUT2D eigenvalue weighted by molar-refractivity contribution is -0.181. The maximum absolute atomic E-state index is 12.6. The Morgan fingerprint density at radius 2 is 1.87 bits per heavy atom. The highest BCUT2D eigenvalue weighted by Gasteiger charge is 2.50. The van der Waals surface area contributed by atoms with Crippen LogP contribution in [0.4, 0.5) is 17.6 Å². The second-order valence-corrected chi connectivity index (χ2v) is 3.48. The van der Waals surface area contributed by atoms with Gasteiger partial charge in [-0.05, 0) is 13.3 Å². The summed E-state index contributed by atoms with van der Waals surface area (Å²) < 4.78 is 49.0. The zero-order valence-corrected chi connectivity index (χ0v) is 8.94. The largest absolute Gasteiger partial charge is 0.383 e. The second kappa shape index (κ2) is 5.32. The Hall–Kier alpha value is -0.810. The van der Waals surface area contributed by atoms with Gasteiger partial charge >= 0.3 is 12.3 Å². The molecule has 0 rings (SSSR count). The van der Waals surface area contributed by atoms with Gasteiger partial charge in [0.2, 0.25) is 0 Å². The van der Waals surface area contributed by atoms with E-state index in [1.165, 1.54) is 0 Å². The molecule has 0 fully saturated rings. The smallest absolute Gasteiger partial charge is 0.338 e. The van der Waals surface area contributed by atoms with Crippen LogP contribution < -0.4 is 0 Å². The van der Waals surface area contributed by atoms with E-state index in [1.54, 1.807) is 6.92 Å². The minimum Gasteiger partial charge on any atom is -0.338 e. The molecule has 6 heteroatoms. The molecule has 0 aliphatic heterocycles. The van der Waals surface area contributed by atoms with E-state index in [9.17, 15) is 22.4 Å². The van der Waals surface area contributed by atoms with Crippen molar-refractivity contribution in [1.82, 2.24) is 4.90 Å². The molecule has 0 saturated carbocycles. The number of carbonyl (C=O) groups excluding carboxylic acids is 1. The van der Waals surface area contributed by atoms with Crippen LogP contribution in [0.3, 0.4) is 0 Å². The number of hydrogen-bond donors (Lipinski definition) is 0. The highest BCUT2D eigenvalue weighted by molar-refractivity contribution is 5.84. The summed E-state index contributed by atoms with van der Waals surface area (Å²) >= 11 is 0. The van der Waals surface area contributed by atoms with E-state index in [-0.39, 0.29) is 0 Å². The predicted octanol–water partition coefficient (Wildman–Crippen LogP) is 2.53. The number of nitrogens with zero attached hydrogens (tertiary/aromatic N) is 1. The molecule has 0 aromatic heterocycles. The number of rotatable bonds is 5. The Morgan fingerprint density at radius 3 is 2.20 bits per heavy atom. The quantitative estimate of drug-likeness (QED) is 0.663. The van der Waals surface area contributed by atoms with Crippen molar-refractivity contribution in [2.24, 2.45) is 0 Å². The Morgan fingerprint density at radius 1 is 1.40 bits per heavy atom. The maximum atomic E-state index is 12.6. The lowest BCUT2D eigenvalue weighted by atomic mass is 10.1. The Bertz CT molecular complexity index is 220. The minimum atomic E-state index is -4.59. The van der Waals surface area contributed by atoms with Gasteiger partial charge in [-0.25, -0.2) is 8.78 Å². The van der Waals surface area contributed by atoms with Crippen molar-refractivity contribution in [2.45, 2.75) is 45.1 Å². The number of carbonyl (C=O) groups is 1. The fraction of sp³-hybridized carbons (Fsp3) is 0.889. The van der Waals surface area contributed by atoms with Crippen LogP contribution in [-0.2, 0) is 4.79 Å². The molecule has 0 aliphatic rings. The lowest BCUT2D eigenvalue weighted by Crippen LogP contribution is -2.49. The summed E-state index contributed by atoms with van der Waals surface area (Å²) in [4.78, 5) is 11.7. The molecule has 0 radical (unpaired) electrons. The van der Waals surface area contributed by atoms with E-state index in [1.807, 2.05) is 6.92 Å². The molecule has 0 aromatic rings. The summed E-state index contributed by atoms with van der Waals surface area (Å²) in [5.41, 5.74) is 0. The van der Waals surface area contributed by atoms with Crippen molar-refractivity contribution < 1.29 is 22.4 Å². The monoisotopic (exact) mass is 229 g/mol. The molecule has 1 amide bonds.